The maximum absolute atomic E-state index is 12.1. The average molecular weight is 405 g/mol. The van der Waals surface area contributed by atoms with Gasteiger partial charge in [-0.25, -0.2) is 9.59 Å². The van der Waals surface area contributed by atoms with Crippen LogP contribution in [0.3, 0.4) is 0 Å². The molecule has 2 aromatic rings. The van der Waals surface area contributed by atoms with Crippen LogP contribution < -0.4 is 0 Å². The van der Waals surface area contributed by atoms with Crippen LogP contribution in [0.15, 0.2) is 60.7 Å². The van der Waals surface area contributed by atoms with Crippen LogP contribution in [0.1, 0.15) is 27.1 Å². The minimum Gasteiger partial charge on any atom is -0.461 e. The summed E-state index contributed by atoms with van der Waals surface area (Å²) >= 11 is 3.33. The van der Waals surface area contributed by atoms with Crippen molar-refractivity contribution in [2.24, 2.45) is 0 Å². The summed E-state index contributed by atoms with van der Waals surface area (Å²) in [6.07, 6.45) is -0.0816. The Morgan fingerprint density at radius 2 is 1.44 bits per heavy atom. The van der Waals surface area contributed by atoms with Gasteiger partial charge in [-0.2, -0.15) is 0 Å². The van der Waals surface area contributed by atoms with Gasteiger partial charge in [-0.05, 0) is 24.3 Å². The van der Waals surface area contributed by atoms with Crippen molar-refractivity contribution in [3.63, 3.8) is 0 Å². The molecule has 0 aromatic heterocycles. The van der Waals surface area contributed by atoms with Crippen molar-refractivity contribution in [2.45, 2.75) is 17.4 Å². The first kappa shape index (κ1) is 18.9. The van der Waals surface area contributed by atoms with Crippen LogP contribution in [-0.4, -0.2) is 35.8 Å². The first-order valence-corrected chi connectivity index (χ1v) is 8.59. The van der Waals surface area contributed by atoms with Crippen LogP contribution in [0, 0.1) is 0 Å². The first-order valence-electron chi connectivity index (χ1n) is 7.67. The molecule has 0 saturated carbocycles. The Morgan fingerprint density at radius 1 is 0.920 bits per heavy atom. The number of rotatable bonds is 8. The molecule has 25 heavy (non-hydrogen) atoms. The molecule has 0 heterocycles. The molecule has 2 rings (SSSR count). The smallest absolute Gasteiger partial charge is 0.338 e. The van der Waals surface area contributed by atoms with Crippen molar-refractivity contribution in [1.82, 2.24) is 0 Å². The van der Waals surface area contributed by atoms with Gasteiger partial charge >= 0.3 is 11.9 Å². The topological polar surface area (TPSA) is 69.7 Å². The Kier molecular flexibility index (Phi) is 7.35. The van der Waals surface area contributed by atoms with E-state index in [4.69, 9.17) is 9.47 Å². The Morgan fingerprint density at radius 3 is 1.96 bits per heavy atom. The van der Waals surface area contributed by atoms with Crippen LogP contribution in [0.25, 0.3) is 0 Å². The summed E-state index contributed by atoms with van der Waals surface area (Å²) in [6, 6.07) is 17.0. The molecule has 2 atom stereocenters. The van der Waals surface area contributed by atoms with Crippen molar-refractivity contribution in [2.75, 3.05) is 6.61 Å². The van der Waals surface area contributed by atoms with Gasteiger partial charge in [0.1, 0.15) is 19.0 Å². The van der Waals surface area contributed by atoms with E-state index in [2.05, 4.69) is 15.9 Å². The standard InChI is InChI=1S/C19H17BrO5/c20-16(13-24-18(22)14-7-3-1-4-8-14)17(11-12-21)25-19(23)15-9-5-2-6-10-15/h1-10,12,16-17H,11,13H2/t16-,17-/m0/s1. The molecule has 0 aliphatic carbocycles. The van der Waals surface area contributed by atoms with Gasteiger partial charge in [0.15, 0.2) is 0 Å². The highest BCUT2D eigenvalue weighted by molar-refractivity contribution is 9.09. The van der Waals surface area contributed by atoms with E-state index in [1.54, 1.807) is 60.7 Å². The summed E-state index contributed by atoms with van der Waals surface area (Å²) in [6.45, 7) is -0.0334. The van der Waals surface area contributed by atoms with E-state index in [0.29, 0.717) is 17.4 Å². The van der Waals surface area contributed by atoms with Gasteiger partial charge in [-0.3, -0.25) is 0 Å². The Hall–Kier alpha value is -2.47. The van der Waals surface area contributed by atoms with Crippen molar-refractivity contribution in [1.29, 1.82) is 0 Å². The number of halogens is 1. The summed E-state index contributed by atoms with van der Waals surface area (Å²) < 4.78 is 10.6. The highest BCUT2D eigenvalue weighted by Gasteiger charge is 2.25. The van der Waals surface area contributed by atoms with Crippen LogP contribution in [-0.2, 0) is 14.3 Å². The van der Waals surface area contributed by atoms with E-state index in [9.17, 15) is 14.4 Å². The largest absolute Gasteiger partial charge is 0.461 e. The van der Waals surface area contributed by atoms with Crippen molar-refractivity contribution < 1.29 is 23.9 Å². The molecule has 0 radical (unpaired) electrons. The fourth-order valence-corrected chi connectivity index (χ4v) is 2.52. The number of carbonyl (C=O) groups excluding carboxylic acids is 3. The Labute approximate surface area is 154 Å². The number of hydrogen-bond acceptors (Lipinski definition) is 5. The van der Waals surface area contributed by atoms with Gasteiger partial charge in [0.05, 0.1) is 16.0 Å². The summed E-state index contributed by atoms with van der Waals surface area (Å²) in [5, 5.41) is 0. The van der Waals surface area contributed by atoms with Crippen LogP contribution in [0.4, 0.5) is 0 Å². The van der Waals surface area contributed by atoms with Crippen molar-refractivity contribution in [3.8, 4) is 0 Å². The monoisotopic (exact) mass is 404 g/mol. The molecule has 0 aliphatic heterocycles. The molecule has 0 amide bonds. The summed E-state index contributed by atoms with van der Waals surface area (Å²) in [5.74, 6) is -1.02. The number of ether oxygens (including phenoxy) is 2. The third-order valence-electron chi connectivity index (χ3n) is 3.38. The lowest BCUT2D eigenvalue weighted by molar-refractivity contribution is -0.109. The van der Waals surface area contributed by atoms with Crippen molar-refractivity contribution in [3.05, 3.63) is 71.8 Å². The minimum atomic E-state index is -0.742. The van der Waals surface area contributed by atoms with E-state index in [-0.39, 0.29) is 13.0 Å². The zero-order chi connectivity index (χ0) is 18.1. The predicted octanol–water partition coefficient (Wildman–Crippen LogP) is 3.42. The zero-order valence-corrected chi connectivity index (χ0v) is 14.9. The van der Waals surface area contributed by atoms with Gasteiger partial charge < -0.3 is 14.3 Å². The molecule has 2 aromatic carbocycles. The molecule has 0 N–H and O–H groups in total. The Bertz CT molecular complexity index is 702. The summed E-state index contributed by atoms with van der Waals surface area (Å²) in [7, 11) is 0. The molecule has 5 nitrogen and oxygen atoms in total. The van der Waals surface area contributed by atoms with Gasteiger partial charge in [-0.1, -0.05) is 52.3 Å². The van der Waals surface area contributed by atoms with Gasteiger partial charge in [-0.15, -0.1) is 0 Å². The van der Waals surface area contributed by atoms with E-state index in [1.165, 1.54) is 0 Å². The number of aldehydes is 1. The molecule has 0 fully saturated rings. The van der Waals surface area contributed by atoms with E-state index >= 15 is 0 Å². The molecule has 0 spiro atoms. The molecule has 6 heteroatoms. The highest BCUT2D eigenvalue weighted by atomic mass is 79.9. The minimum absolute atomic E-state index is 0.00260. The van der Waals surface area contributed by atoms with E-state index in [0.717, 1.165) is 0 Å². The lowest BCUT2D eigenvalue weighted by atomic mass is 10.2. The van der Waals surface area contributed by atoms with Crippen LogP contribution in [0.2, 0.25) is 0 Å². The molecule has 0 saturated heterocycles. The van der Waals surface area contributed by atoms with Gasteiger partial charge in [0.2, 0.25) is 0 Å². The number of carbonyl (C=O) groups is 3. The maximum Gasteiger partial charge on any atom is 0.338 e. The number of alkyl halides is 1. The van der Waals surface area contributed by atoms with Crippen LogP contribution >= 0.6 is 15.9 Å². The third-order valence-corrected chi connectivity index (χ3v) is 4.24. The second-order valence-corrected chi connectivity index (χ2v) is 6.37. The fraction of sp³-hybridized carbons (Fsp3) is 0.211. The van der Waals surface area contributed by atoms with Crippen molar-refractivity contribution >= 4 is 34.2 Å². The second kappa shape index (κ2) is 9.74. The molecule has 0 bridgehead atoms. The van der Waals surface area contributed by atoms with Crippen LogP contribution in [0.5, 0.6) is 0 Å². The average Bonchev–Trinajstić information content (AvgIpc) is 2.66. The fourth-order valence-electron chi connectivity index (χ4n) is 2.06. The van der Waals surface area contributed by atoms with E-state index < -0.39 is 22.9 Å². The first-order chi connectivity index (χ1) is 12.1. The predicted molar refractivity (Wildman–Crippen MR) is 95.8 cm³/mol. The third kappa shape index (κ3) is 5.83. The lowest BCUT2D eigenvalue weighted by Crippen LogP contribution is -2.32. The van der Waals surface area contributed by atoms with E-state index in [1.807, 2.05) is 0 Å². The SMILES string of the molecule is O=CC[C@H](OC(=O)c1ccccc1)[C@@H](Br)COC(=O)c1ccccc1. The zero-order valence-electron chi connectivity index (χ0n) is 13.3. The molecule has 130 valence electrons. The maximum atomic E-state index is 12.1. The Balaban J connectivity index is 1.93. The molecular weight excluding hydrogens is 388 g/mol. The number of esters is 2. The molecule has 0 unspecified atom stereocenters. The summed E-state index contributed by atoms with van der Waals surface area (Å²) in [4.78, 5) is 34.5. The number of hydrogen-bond donors (Lipinski definition) is 0. The number of benzene rings is 2. The van der Waals surface area contributed by atoms with Gasteiger partial charge in [0.25, 0.3) is 0 Å². The second-order valence-electron chi connectivity index (χ2n) is 5.19. The molecule has 0 aliphatic rings. The summed E-state index contributed by atoms with van der Waals surface area (Å²) in [5.41, 5.74) is 0.815. The lowest BCUT2D eigenvalue weighted by Gasteiger charge is -2.21. The molecular formula is C19H17BrO5. The normalized spacial score (nSPS) is 12.7. The quantitative estimate of drug-likeness (QED) is 0.383. The van der Waals surface area contributed by atoms with Gasteiger partial charge in [0, 0.05) is 6.42 Å². The highest BCUT2D eigenvalue weighted by Crippen LogP contribution is 2.16.